The third kappa shape index (κ3) is 10.4. The van der Waals surface area contributed by atoms with E-state index >= 15 is 0 Å². The van der Waals surface area contributed by atoms with Gasteiger partial charge in [0.1, 0.15) is 30.4 Å². The lowest BCUT2D eigenvalue weighted by Gasteiger charge is -2.25. The molecule has 3 rings (SSSR count). The number of carbonyl (C=O) groups is 5. The predicted octanol–water partition coefficient (Wildman–Crippen LogP) is 1.87. The van der Waals surface area contributed by atoms with Crippen LogP contribution >= 0.6 is 11.8 Å². The minimum atomic E-state index is -0.988. The minimum absolute atomic E-state index is 0.00410. The van der Waals surface area contributed by atoms with Crippen LogP contribution in [0.3, 0.4) is 0 Å². The first kappa shape index (κ1) is 32.5. The number of cyclic esters (lactones) is 1. The van der Waals surface area contributed by atoms with Gasteiger partial charge in [-0.2, -0.15) is 0 Å². The molecule has 1 aliphatic heterocycles. The zero-order valence-corrected chi connectivity index (χ0v) is 25.1. The normalized spacial score (nSPS) is 22.7. The monoisotopic (exact) mass is 598 g/mol. The van der Waals surface area contributed by atoms with Crippen molar-refractivity contribution in [2.75, 3.05) is 5.75 Å². The average Bonchev–Trinajstić information content (AvgIpc) is 3.38. The number of aromatic nitrogens is 3. The summed E-state index contributed by atoms with van der Waals surface area (Å²) in [4.78, 5) is 63.7. The highest BCUT2D eigenvalue weighted by Gasteiger charge is 2.29. The lowest BCUT2D eigenvalue weighted by atomic mass is 10.0. The Kier molecular flexibility index (Phi) is 12.3. The number of thioether (sulfide) groups is 1. The van der Waals surface area contributed by atoms with Crippen LogP contribution < -0.4 is 16.0 Å². The van der Waals surface area contributed by atoms with Crippen molar-refractivity contribution in [2.45, 2.75) is 77.7 Å². The second-order valence-electron chi connectivity index (χ2n) is 10.4. The number of rotatable bonds is 7. The molecule has 0 aliphatic carbocycles. The molecule has 13 heteroatoms. The first-order valence-corrected chi connectivity index (χ1v) is 14.8. The number of ether oxygens (including phenoxy) is 1. The van der Waals surface area contributed by atoms with E-state index in [0.717, 1.165) is 5.56 Å². The van der Waals surface area contributed by atoms with Crippen LogP contribution in [-0.2, 0) is 41.7 Å². The number of nitrogens with zero attached hydrogens (tertiary/aromatic N) is 3. The van der Waals surface area contributed by atoms with Crippen LogP contribution in [0.15, 0.2) is 48.7 Å². The van der Waals surface area contributed by atoms with Gasteiger partial charge in [-0.15, -0.1) is 5.10 Å². The van der Waals surface area contributed by atoms with E-state index in [2.05, 4.69) is 26.3 Å². The second-order valence-corrected chi connectivity index (χ2v) is 11.7. The third-order valence-electron chi connectivity index (χ3n) is 6.43. The number of esters is 1. The van der Waals surface area contributed by atoms with Gasteiger partial charge in [-0.05, 0) is 30.9 Å². The molecule has 226 valence electrons. The van der Waals surface area contributed by atoms with Crippen LogP contribution in [0.1, 0.15) is 57.8 Å². The Hall–Kier alpha value is -4.00. The van der Waals surface area contributed by atoms with Crippen molar-refractivity contribution >= 4 is 40.6 Å². The van der Waals surface area contributed by atoms with Crippen molar-refractivity contribution in [2.24, 2.45) is 5.92 Å². The molecule has 2 aromatic rings. The van der Waals surface area contributed by atoms with Crippen LogP contribution in [-0.4, -0.2) is 67.7 Å². The number of benzene rings is 1. The molecule has 12 nitrogen and oxygen atoms in total. The zero-order valence-electron chi connectivity index (χ0n) is 24.2. The number of nitrogens with one attached hydrogen (secondary N) is 3. The Bertz CT molecular complexity index is 1280. The van der Waals surface area contributed by atoms with Crippen molar-refractivity contribution in [1.29, 1.82) is 0 Å². The topological polar surface area (TPSA) is 161 Å². The summed E-state index contributed by atoms with van der Waals surface area (Å²) in [5, 5.41) is 16.5. The van der Waals surface area contributed by atoms with E-state index in [9.17, 15) is 24.0 Å². The fraction of sp³-hybridized carbons (Fsp3) is 0.483. The highest BCUT2D eigenvalue weighted by Crippen LogP contribution is 2.20. The van der Waals surface area contributed by atoms with E-state index in [0.29, 0.717) is 17.9 Å². The number of carbonyl (C=O) groups excluding carboxylic acids is 5. The molecule has 0 radical (unpaired) electrons. The predicted molar refractivity (Wildman–Crippen MR) is 157 cm³/mol. The molecule has 2 bridgehead atoms. The fourth-order valence-corrected chi connectivity index (χ4v) is 4.82. The average molecular weight is 599 g/mol. The van der Waals surface area contributed by atoms with Gasteiger partial charge in [-0.3, -0.25) is 24.0 Å². The molecule has 2 heterocycles. The quantitative estimate of drug-likeness (QED) is 0.245. The summed E-state index contributed by atoms with van der Waals surface area (Å²) < 4.78 is 6.92. The van der Waals surface area contributed by atoms with Gasteiger partial charge in [0.05, 0.1) is 18.7 Å². The molecule has 0 saturated carbocycles. The van der Waals surface area contributed by atoms with Crippen LogP contribution in [0.5, 0.6) is 0 Å². The summed E-state index contributed by atoms with van der Waals surface area (Å²) >= 11 is 1.17. The molecular formula is C29H38N6O6S. The van der Waals surface area contributed by atoms with Crippen molar-refractivity contribution in [3.05, 3.63) is 59.9 Å². The SMILES string of the molecule is CC(=O)SCC/C=C/[C@@H]1CC(=O)N[C@H](Cc2ccccc2)C(=O)N[C@H](C)C(=O)N[C@H](C(C)C)c2cn(nn2)CC(=O)O1. The Morgan fingerprint density at radius 2 is 1.86 bits per heavy atom. The van der Waals surface area contributed by atoms with E-state index in [1.807, 2.05) is 44.2 Å². The van der Waals surface area contributed by atoms with Crippen LogP contribution in [0.4, 0.5) is 0 Å². The van der Waals surface area contributed by atoms with Gasteiger partial charge in [0, 0.05) is 19.1 Å². The van der Waals surface area contributed by atoms with E-state index in [4.69, 9.17) is 4.74 Å². The van der Waals surface area contributed by atoms with E-state index < -0.39 is 47.9 Å². The number of fused-ring (bicyclic) bond motifs is 2. The zero-order chi connectivity index (χ0) is 30.6. The first-order chi connectivity index (χ1) is 20.0. The Balaban J connectivity index is 1.89. The van der Waals surface area contributed by atoms with Gasteiger partial charge in [0.25, 0.3) is 0 Å². The van der Waals surface area contributed by atoms with Gasteiger partial charge in [0.15, 0.2) is 5.12 Å². The lowest BCUT2D eigenvalue weighted by molar-refractivity contribution is -0.149. The molecule has 42 heavy (non-hydrogen) atoms. The maximum Gasteiger partial charge on any atom is 0.328 e. The maximum atomic E-state index is 13.4. The highest BCUT2D eigenvalue weighted by molar-refractivity contribution is 8.13. The number of amides is 3. The molecule has 3 amide bonds. The standard InChI is InChI=1S/C29H38N6O6S/c1-18(2)27-24-16-35(34-33-24)17-26(38)41-22(12-8-9-13-42-20(4)36)15-25(37)31-23(14-21-10-6-5-7-11-21)29(40)30-19(3)28(39)32-27/h5-8,10-12,16,18-19,22-23,27H,9,13-15,17H2,1-4H3,(H,30,40)(H,31,37)(H,32,39)/b12-8+/t19-,22-,23-,27-/m1/s1. The van der Waals surface area contributed by atoms with Gasteiger partial charge < -0.3 is 20.7 Å². The molecule has 1 aromatic carbocycles. The molecule has 3 N–H and O–H groups in total. The molecular weight excluding hydrogens is 560 g/mol. The number of allylic oxidation sites excluding steroid dienone is 1. The van der Waals surface area contributed by atoms with Crippen molar-refractivity contribution in [3.63, 3.8) is 0 Å². The van der Waals surface area contributed by atoms with Crippen LogP contribution in [0.25, 0.3) is 0 Å². The van der Waals surface area contributed by atoms with Crippen LogP contribution in [0, 0.1) is 5.92 Å². The summed E-state index contributed by atoms with van der Waals surface area (Å²) in [5.41, 5.74) is 1.27. The summed E-state index contributed by atoms with van der Waals surface area (Å²) in [7, 11) is 0. The Morgan fingerprint density at radius 1 is 1.12 bits per heavy atom. The molecule has 1 aromatic heterocycles. The second kappa shape index (κ2) is 15.9. The molecule has 4 atom stereocenters. The van der Waals surface area contributed by atoms with Gasteiger partial charge in [-0.25, -0.2) is 4.68 Å². The number of hydrogen-bond donors (Lipinski definition) is 3. The first-order valence-electron chi connectivity index (χ1n) is 13.9. The third-order valence-corrected chi connectivity index (χ3v) is 7.27. The van der Waals surface area contributed by atoms with Crippen molar-refractivity contribution in [1.82, 2.24) is 30.9 Å². The summed E-state index contributed by atoms with van der Waals surface area (Å²) in [6, 6.07) is 6.76. The maximum absolute atomic E-state index is 13.4. The fourth-order valence-electron chi connectivity index (χ4n) is 4.27. The van der Waals surface area contributed by atoms with Crippen molar-refractivity contribution in [3.8, 4) is 0 Å². The summed E-state index contributed by atoms with van der Waals surface area (Å²) in [6.45, 7) is 6.60. The van der Waals surface area contributed by atoms with E-state index in [1.54, 1.807) is 25.3 Å². The van der Waals surface area contributed by atoms with Gasteiger partial charge >= 0.3 is 5.97 Å². The van der Waals surface area contributed by atoms with E-state index in [-0.39, 0.29) is 30.4 Å². The molecule has 0 fully saturated rings. The summed E-state index contributed by atoms with van der Waals surface area (Å²) in [6.07, 6.45) is 4.45. The number of hydrogen-bond acceptors (Lipinski definition) is 9. The Morgan fingerprint density at radius 3 is 2.55 bits per heavy atom. The molecule has 0 unspecified atom stereocenters. The van der Waals surface area contributed by atoms with Gasteiger partial charge in [0.2, 0.25) is 17.7 Å². The molecule has 0 saturated heterocycles. The highest BCUT2D eigenvalue weighted by atomic mass is 32.2. The summed E-state index contributed by atoms with van der Waals surface area (Å²) in [5.74, 6) is -1.65. The van der Waals surface area contributed by atoms with Gasteiger partial charge in [-0.1, -0.05) is 67.2 Å². The Labute approximate surface area is 249 Å². The molecule has 0 spiro atoms. The molecule has 1 aliphatic rings. The minimum Gasteiger partial charge on any atom is -0.456 e. The van der Waals surface area contributed by atoms with E-state index in [1.165, 1.54) is 23.4 Å². The largest absolute Gasteiger partial charge is 0.456 e. The smallest absolute Gasteiger partial charge is 0.328 e. The van der Waals surface area contributed by atoms with Crippen molar-refractivity contribution < 1.29 is 28.7 Å². The lowest BCUT2D eigenvalue weighted by Crippen LogP contribution is -2.54. The van der Waals surface area contributed by atoms with Crippen LogP contribution in [0.2, 0.25) is 0 Å².